The average molecular weight is 1320 g/mol. The van der Waals surface area contributed by atoms with Crippen molar-refractivity contribution >= 4 is 56.7 Å². The number of ether oxygens (including phenoxy) is 6. The summed E-state index contributed by atoms with van der Waals surface area (Å²) in [7, 11) is 0. The molecular formula is C72H87ClN10O12. The summed E-state index contributed by atoms with van der Waals surface area (Å²) in [6, 6.07) is 44.1. The summed E-state index contributed by atoms with van der Waals surface area (Å²) in [5.74, 6) is 3.69. The predicted octanol–water partition coefficient (Wildman–Crippen LogP) is 10.7. The summed E-state index contributed by atoms with van der Waals surface area (Å²) < 4.78 is 36.4. The monoisotopic (exact) mass is 1320 g/mol. The van der Waals surface area contributed by atoms with Crippen LogP contribution in [-0.2, 0) is 32.2 Å². The lowest BCUT2D eigenvalue weighted by Gasteiger charge is -2.38. The SMILES string of the molecule is CC(C)(C)OC(=O)NCc1ccc(OCC(=O)Cl)cc1.CCOc1ccccc1-n1c(C(C)N2CCN(C(=O)COc3ccc(CNC(=O)OC(C)(C)C)cc3)CC2)nc2ccccc2c1=O.CCOc1ccccc1-n1c(C(C)N2CCNCC2)nc2ccccc2c1=O. The first-order chi connectivity index (χ1) is 45.5. The molecule has 2 fully saturated rings. The van der Waals surface area contributed by atoms with Crippen molar-refractivity contribution in [3.63, 3.8) is 0 Å². The van der Waals surface area contributed by atoms with Crippen LogP contribution in [0.1, 0.15) is 104 Å². The number of hydrogen-bond donors (Lipinski definition) is 3. The van der Waals surface area contributed by atoms with Gasteiger partial charge >= 0.3 is 12.2 Å². The van der Waals surface area contributed by atoms with E-state index in [1.807, 2.05) is 145 Å². The van der Waals surface area contributed by atoms with E-state index in [1.54, 1.807) is 77.3 Å². The minimum Gasteiger partial charge on any atom is -0.492 e. The number of benzene rings is 6. The van der Waals surface area contributed by atoms with E-state index in [-0.39, 0.29) is 42.3 Å². The highest BCUT2D eigenvalue weighted by molar-refractivity contribution is 6.63. The van der Waals surface area contributed by atoms with Crippen LogP contribution in [0.15, 0.2) is 155 Å². The van der Waals surface area contributed by atoms with Crippen LogP contribution in [0.3, 0.4) is 0 Å². The third-order valence-corrected chi connectivity index (χ3v) is 15.4. The van der Waals surface area contributed by atoms with Gasteiger partial charge in [-0.1, -0.05) is 72.8 Å². The Bertz CT molecular complexity index is 4010. The topological polar surface area (TPSA) is 239 Å². The predicted molar refractivity (Wildman–Crippen MR) is 367 cm³/mol. The maximum Gasteiger partial charge on any atom is 0.407 e. The molecule has 0 spiro atoms. The molecule has 2 aliphatic heterocycles. The fourth-order valence-electron chi connectivity index (χ4n) is 10.7. The molecule has 0 aliphatic carbocycles. The Morgan fingerprint density at radius 3 is 1.32 bits per heavy atom. The van der Waals surface area contributed by atoms with E-state index in [9.17, 15) is 28.8 Å². The van der Waals surface area contributed by atoms with Gasteiger partial charge in [0.2, 0.25) is 0 Å². The number of aromatic nitrogens is 4. The molecule has 0 radical (unpaired) electrons. The molecule has 22 nitrogen and oxygen atoms in total. The molecule has 504 valence electrons. The Kier molecular flexibility index (Phi) is 25.3. The number of piperazine rings is 2. The average Bonchev–Trinajstić information content (AvgIpc) is 0.767. The van der Waals surface area contributed by atoms with Gasteiger partial charge in [0, 0.05) is 65.4 Å². The summed E-state index contributed by atoms with van der Waals surface area (Å²) in [6.07, 6.45) is -0.946. The Morgan fingerprint density at radius 2 is 0.905 bits per heavy atom. The zero-order valence-corrected chi connectivity index (χ0v) is 56.6. The third kappa shape index (κ3) is 20.3. The van der Waals surface area contributed by atoms with E-state index in [2.05, 4.69) is 32.7 Å². The van der Waals surface area contributed by atoms with Crippen LogP contribution in [0.4, 0.5) is 9.59 Å². The molecule has 2 atom stereocenters. The minimum atomic E-state index is -0.561. The summed E-state index contributed by atoms with van der Waals surface area (Å²) in [5, 5.41) is 9.36. The van der Waals surface area contributed by atoms with Crippen molar-refractivity contribution in [2.45, 2.75) is 106 Å². The number of hydrogen-bond acceptors (Lipinski definition) is 17. The number of rotatable bonds is 20. The molecular weight excluding hydrogens is 1230 g/mol. The lowest BCUT2D eigenvalue weighted by Crippen LogP contribution is -2.51. The van der Waals surface area contributed by atoms with Crippen molar-refractivity contribution in [2.75, 3.05) is 78.8 Å². The maximum absolute atomic E-state index is 13.9. The second kappa shape index (κ2) is 33.7. The molecule has 0 saturated carbocycles. The highest BCUT2D eigenvalue weighted by Gasteiger charge is 2.30. The van der Waals surface area contributed by atoms with Gasteiger partial charge in [-0.2, -0.15) is 0 Å². The van der Waals surface area contributed by atoms with Gasteiger partial charge in [-0.15, -0.1) is 0 Å². The first-order valence-electron chi connectivity index (χ1n) is 32.0. The summed E-state index contributed by atoms with van der Waals surface area (Å²) >= 11 is 5.17. The molecule has 2 aromatic heterocycles. The highest BCUT2D eigenvalue weighted by Crippen LogP contribution is 2.31. The quantitative estimate of drug-likeness (QED) is 0.0601. The second-order valence-corrected chi connectivity index (χ2v) is 25.0. The molecule has 4 heterocycles. The molecule has 10 rings (SSSR count). The zero-order chi connectivity index (χ0) is 68.2. The van der Waals surface area contributed by atoms with Gasteiger partial charge in [0.1, 0.15) is 45.8 Å². The van der Waals surface area contributed by atoms with Gasteiger partial charge in [0.05, 0.1) is 58.5 Å². The van der Waals surface area contributed by atoms with Crippen LogP contribution in [0.5, 0.6) is 23.0 Å². The highest BCUT2D eigenvalue weighted by atomic mass is 35.5. The first kappa shape index (κ1) is 71.5. The molecule has 6 aromatic carbocycles. The Labute approximate surface area is 559 Å². The molecule has 8 aromatic rings. The van der Waals surface area contributed by atoms with Gasteiger partial charge in [-0.25, -0.2) is 19.6 Å². The number of carbonyl (C=O) groups excluding carboxylic acids is 4. The van der Waals surface area contributed by atoms with Crippen LogP contribution >= 0.6 is 11.6 Å². The summed E-state index contributed by atoms with van der Waals surface area (Å²) in [6.45, 7) is 26.3. The number of amides is 3. The van der Waals surface area contributed by atoms with Crippen molar-refractivity contribution in [1.29, 1.82) is 0 Å². The summed E-state index contributed by atoms with van der Waals surface area (Å²) in [4.78, 5) is 90.7. The number of fused-ring (bicyclic) bond motifs is 2. The summed E-state index contributed by atoms with van der Waals surface area (Å²) in [5.41, 5.74) is 3.25. The van der Waals surface area contributed by atoms with Crippen LogP contribution in [0, 0.1) is 0 Å². The smallest absolute Gasteiger partial charge is 0.407 e. The zero-order valence-electron chi connectivity index (χ0n) is 55.8. The maximum atomic E-state index is 13.9. The van der Waals surface area contributed by atoms with Crippen LogP contribution in [0.25, 0.3) is 33.2 Å². The van der Waals surface area contributed by atoms with Crippen molar-refractivity contribution in [3.05, 3.63) is 189 Å². The van der Waals surface area contributed by atoms with Crippen molar-refractivity contribution in [1.82, 2.24) is 49.8 Å². The third-order valence-electron chi connectivity index (χ3n) is 15.3. The van der Waals surface area contributed by atoms with Gasteiger partial charge in [0.25, 0.3) is 22.3 Å². The van der Waals surface area contributed by atoms with Crippen LogP contribution in [0.2, 0.25) is 0 Å². The molecule has 3 amide bonds. The van der Waals surface area contributed by atoms with E-state index in [4.69, 9.17) is 50.0 Å². The van der Waals surface area contributed by atoms with Crippen molar-refractivity contribution in [2.24, 2.45) is 0 Å². The van der Waals surface area contributed by atoms with E-state index in [0.717, 1.165) is 54.3 Å². The standard InChI is InChI=1S/C36H43N5O6.C22H26N4O2.C14H18ClNO4/c1-6-45-31-14-10-9-13-30(31)41-33(38-29-12-8-7-11-28(29)34(41)43)25(2)39-19-21-40(22-20-39)32(42)24-46-27-17-15-26(16-18-27)23-37-35(44)47-36(3,4)5;1-3-28-20-11-7-6-10-19(20)26-21(16(2)25-14-12-23-13-15-25)24-18-9-5-4-8-17(18)22(26)27;1-14(2,3)20-13(18)16-8-10-4-6-11(7-5-10)19-9-12(15)17/h7-18,25H,6,19-24H2,1-5H3,(H,37,44);4-11,16,23H,3,12-15H2,1-2H3;4-7H,8-9H2,1-3H3,(H,16,18). The molecule has 0 bridgehead atoms. The number of nitrogens with zero attached hydrogens (tertiary/aromatic N) is 7. The van der Waals surface area contributed by atoms with Gasteiger partial charge < -0.3 is 49.3 Å². The van der Waals surface area contributed by atoms with Gasteiger partial charge in [0.15, 0.2) is 13.2 Å². The largest absolute Gasteiger partial charge is 0.492 e. The lowest BCUT2D eigenvalue weighted by atomic mass is 10.1. The first-order valence-corrected chi connectivity index (χ1v) is 32.4. The number of carbonyl (C=O) groups is 4. The van der Waals surface area contributed by atoms with Gasteiger partial charge in [-0.05, 0) is 165 Å². The fourth-order valence-corrected chi connectivity index (χ4v) is 10.7. The number of para-hydroxylation sites is 6. The van der Waals surface area contributed by atoms with Crippen LogP contribution < -0.4 is 46.0 Å². The number of alkyl carbamates (subject to hydrolysis) is 2. The molecule has 23 heteroatoms. The normalized spacial score (nSPS) is 14.2. The second-order valence-electron chi connectivity index (χ2n) is 24.5. The van der Waals surface area contributed by atoms with Crippen molar-refractivity contribution < 1.29 is 47.6 Å². The van der Waals surface area contributed by atoms with Crippen LogP contribution in [-0.4, -0.2) is 147 Å². The molecule has 2 aliphatic rings. The van der Waals surface area contributed by atoms with Gasteiger partial charge in [-0.3, -0.25) is 38.1 Å². The van der Waals surface area contributed by atoms with E-state index < -0.39 is 28.6 Å². The molecule has 2 unspecified atom stereocenters. The number of halogens is 1. The molecule has 2 saturated heterocycles. The Hall–Kier alpha value is -9.35. The molecule has 3 N–H and O–H groups in total. The van der Waals surface area contributed by atoms with E-state index in [1.165, 1.54) is 0 Å². The fraction of sp³-hybridized carbons (Fsp3) is 0.389. The van der Waals surface area contributed by atoms with E-state index >= 15 is 0 Å². The Morgan fingerprint density at radius 1 is 0.516 bits per heavy atom. The van der Waals surface area contributed by atoms with Crippen molar-refractivity contribution in [3.8, 4) is 34.4 Å². The number of nitrogens with one attached hydrogen (secondary N) is 3. The minimum absolute atomic E-state index is 0.00842. The Balaban J connectivity index is 0.000000203. The van der Waals surface area contributed by atoms with E-state index in [0.29, 0.717) is 103 Å². The lowest BCUT2D eigenvalue weighted by molar-refractivity contribution is -0.135. The molecule has 95 heavy (non-hydrogen) atoms.